The lowest BCUT2D eigenvalue weighted by atomic mass is 9.63. The van der Waals surface area contributed by atoms with Crippen LogP contribution in [0, 0.1) is 23.7 Å². The zero-order valence-electron chi connectivity index (χ0n) is 16.3. The molecule has 0 aromatic heterocycles. The summed E-state index contributed by atoms with van der Waals surface area (Å²) in [4.78, 5) is 40.3. The minimum absolute atomic E-state index is 0.128. The predicted molar refractivity (Wildman–Crippen MR) is 105 cm³/mol. The van der Waals surface area contributed by atoms with Crippen molar-refractivity contribution >= 4 is 23.4 Å². The molecule has 5 atom stereocenters. The lowest BCUT2D eigenvalue weighted by Gasteiger charge is -2.38. The number of anilines is 1. The van der Waals surface area contributed by atoms with Gasteiger partial charge < -0.3 is 10.1 Å². The van der Waals surface area contributed by atoms with Crippen LogP contribution in [0.15, 0.2) is 36.4 Å². The van der Waals surface area contributed by atoms with E-state index in [1.165, 1.54) is 4.90 Å². The van der Waals surface area contributed by atoms with E-state index in [-0.39, 0.29) is 41.4 Å². The number of benzene rings is 1. The molecule has 2 bridgehead atoms. The number of carbonyl (C=O) groups is 3. The third kappa shape index (κ3) is 3.01. The Hall–Kier alpha value is -2.63. The van der Waals surface area contributed by atoms with Crippen molar-refractivity contribution in [2.24, 2.45) is 23.7 Å². The average Bonchev–Trinajstić information content (AvgIpc) is 2.99. The third-order valence-corrected chi connectivity index (χ3v) is 6.23. The highest BCUT2D eigenvalue weighted by Crippen LogP contribution is 2.50. The summed E-state index contributed by atoms with van der Waals surface area (Å²) in [6, 6.07) is 6.30. The van der Waals surface area contributed by atoms with Gasteiger partial charge in [0, 0.05) is 5.69 Å². The van der Waals surface area contributed by atoms with E-state index in [2.05, 4.69) is 17.5 Å². The number of fused-ring (bicyclic) bond motifs is 1. The molecule has 1 N–H and O–H groups in total. The van der Waals surface area contributed by atoms with Gasteiger partial charge in [-0.05, 0) is 62.3 Å². The van der Waals surface area contributed by atoms with Gasteiger partial charge in [0.15, 0.2) is 0 Å². The normalized spacial score (nSPS) is 29.0. The van der Waals surface area contributed by atoms with E-state index in [4.69, 9.17) is 4.74 Å². The van der Waals surface area contributed by atoms with Gasteiger partial charge in [-0.3, -0.25) is 19.3 Å². The first-order valence-electron chi connectivity index (χ1n) is 10.1. The molecule has 148 valence electrons. The summed E-state index contributed by atoms with van der Waals surface area (Å²) in [6.45, 7) is 4.31. The number of nitrogens with one attached hydrogen (secondary N) is 1. The van der Waals surface area contributed by atoms with Crippen LogP contribution < -0.4 is 10.1 Å². The molecule has 3 aliphatic carbocycles. The summed E-state index contributed by atoms with van der Waals surface area (Å²) >= 11 is 0. The van der Waals surface area contributed by atoms with E-state index in [0.29, 0.717) is 18.7 Å². The molecular weight excluding hydrogens is 356 g/mol. The summed E-state index contributed by atoms with van der Waals surface area (Å²) in [5.74, 6) is -0.277. The highest BCUT2D eigenvalue weighted by molar-refractivity contribution is 6.10. The Bertz CT molecular complexity index is 784. The fourth-order valence-corrected chi connectivity index (χ4v) is 4.92. The minimum Gasteiger partial charge on any atom is -0.494 e. The fraction of sp³-hybridized carbons (Fsp3) is 0.500. The zero-order valence-corrected chi connectivity index (χ0v) is 16.3. The number of rotatable bonds is 6. The Kier molecular flexibility index (Phi) is 4.96. The molecule has 5 rings (SSSR count). The van der Waals surface area contributed by atoms with Crippen LogP contribution in [0.1, 0.15) is 33.1 Å². The van der Waals surface area contributed by atoms with Gasteiger partial charge in [-0.25, -0.2) is 0 Å². The number of hydrogen-bond acceptors (Lipinski definition) is 4. The lowest BCUT2D eigenvalue weighted by molar-refractivity contribution is -0.146. The Labute approximate surface area is 164 Å². The van der Waals surface area contributed by atoms with Gasteiger partial charge in [-0.2, -0.15) is 0 Å². The topological polar surface area (TPSA) is 75.7 Å². The molecule has 1 saturated heterocycles. The molecule has 1 heterocycles. The van der Waals surface area contributed by atoms with Crippen molar-refractivity contribution in [3.63, 3.8) is 0 Å². The first-order valence-corrected chi connectivity index (χ1v) is 10.1. The van der Waals surface area contributed by atoms with Gasteiger partial charge in [0.05, 0.1) is 18.4 Å². The molecule has 4 aliphatic rings. The Morgan fingerprint density at radius 1 is 1.07 bits per heavy atom. The van der Waals surface area contributed by atoms with Crippen molar-refractivity contribution < 1.29 is 19.1 Å². The molecule has 1 aromatic rings. The number of imide groups is 1. The lowest BCUT2D eigenvalue weighted by Crippen LogP contribution is -2.47. The second-order valence-electron chi connectivity index (χ2n) is 7.76. The molecule has 0 radical (unpaired) electrons. The highest BCUT2D eigenvalue weighted by atomic mass is 16.5. The molecule has 0 spiro atoms. The maximum atomic E-state index is 13.1. The third-order valence-electron chi connectivity index (χ3n) is 6.23. The Morgan fingerprint density at radius 3 is 2.11 bits per heavy atom. The molecular formula is C22H26N2O4. The SMILES string of the molecule is CCOc1ccc(NC(=O)[C@H](CC)N2C(=O)[C@H]3[C@H](C2=O)[C@H]2C=C[C@H]3CC2)cc1. The maximum absolute atomic E-state index is 13.1. The summed E-state index contributed by atoms with van der Waals surface area (Å²) in [5.41, 5.74) is 0.616. The number of likely N-dealkylation sites (tertiary alicyclic amines) is 1. The van der Waals surface area contributed by atoms with Crippen LogP contribution in [0.3, 0.4) is 0 Å². The van der Waals surface area contributed by atoms with Gasteiger partial charge in [-0.15, -0.1) is 0 Å². The largest absolute Gasteiger partial charge is 0.494 e. The second-order valence-corrected chi connectivity index (χ2v) is 7.76. The van der Waals surface area contributed by atoms with E-state index >= 15 is 0 Å². The summed E-state index contributed by atoms with van der Waals surface area (Å²) < 4.78 is 5.41. The summed E-state index contributed by atoms with van der Waals surface area (Å²) in [7, 11) is 0. The zero-order chi connectivity index (χ0) is 19.8. The molecule has 0 unspecified atom stereocenters. The van der Waals surface area contributed by atoms with Crippen LogP contribution in [-0.2, 0) is 14.4 Å². The first kappa shape index (κ1) is 18.7. The number of carbonyl (C=O) groups excluding carboxylic acids is 3. The smallest absolute Gasteiger partial charge is 0.247 e. The van der Waals surface area contributed by atoms with Crippen molar-refractivity contribution in [3.8, 4) is 5.75 Å². The van der Waals surface area contributed by atoms with Gasteiger partial charge in [0.1, 0.15) is 11.8 Å². The molecule has 1 saturated carbocycles. The molecule has 28 heavy (non-hydrogen) atoms. The molecule has 1 aliphatic heterocycles. The number of hydrogen-bond donors (Lipinski definition) is 1. The molecule has 6 nitrogen and oxygen atoms in total. The highest BCUT2D eigenvalue weighted by Gasteiger charge is 2.58. The Balaban J connectivity index is 1.51. The predicted octanol–water partition coefficient (Wildman–Crippen LogP) is 3.00. The van der Waals surface area contributed by atoms with E-state index in [1.807, 2.05) is 13.8 Å². The Morgan fingerprint density at radius 2 is 1.64 bits per heavy atom. The minimum atomic E-state index is -0.781. The molecule has 2 fully saturated rings. The van der Waals surface area contributed by atoms with Crippen LogP contribution in [-0.4, -0.2) is 35.3 Å². The van der Waals surface area contributed by atoms with Gasteiger partial charge in [-0.1, -0.05) is 19.1 Å². The van der Waals surface area contributed by atoms with Gasteiger partial charge in [0.25, 0.3) is 0 Å². The molecule has 3 amide bonds. The van der Waals surface area contributed by atoms with E-state index < -0.39 is 6.04 Å². The van der Waals surface area contributed by atoms with E-state index in [0.717, 1.165) is 18.6 Å². The van der Waals surface area contributed by atoms with Crippen LogP contribution in [0.5, 0.6) is 5.75 Å². The first-order chi connectivity index (χ1) is 13.5. The second kappa shape index (κ2) is 7.41. The van der Waals surface area contributed by atoms with Gasteiger partial charge >= 0.3 is 0 Å². The summed E-state index contributed by atoms with van der Waals surface area (Å²) in [5, 5.41) is 2.84. The van der Waals surface area contributed by atoms with Crippen LogP contribution in [0.2, 0.25) is 0 Å². The number of amides is 3. The van der Waals surface area contributed by atoms with Crippen LogP contribution >= 0.6 is 0 Å². The van der Waals surface area contributed by atoms with Crippen LogP contribution in [0.4, 0.5) is 5.69 Å². The number of nitrogens with zero attached hydrogens (tertiary/aromatic N) is 1. The van der Waals surface area contributed by atoms with Crippen molar-refractivity contribution in [2.75, 3.05) is 11.9 Å². The summed E-state index contributed by atoms with van der Waals surface area (Å²) in [6.07, 6.45) is 6.47. The number of ether oxygens (including phenoxy) is 1. The van der Waals surface area contributed by atoms with E-state index in [9.17, 15) is 14.4 Å². The monoisotopic (exact) mass is 382 g/mol. The van der Waals surface area contributed by atoms with Gasteiger partial charge in [0.2, 0.25) is 17.7 Å². The van der Waals surface area contributed by atoms with Crippen molar-refractivity contribution in [3.05, 3.63) is 36.4 Å². The standard InChI is InChI=1S/C22H26N2O4/c1-3-17(20(25)23-15-9-11-16(12-10-15)28-4-2)24-21(26)18-13-5-6-14(8-7-13)19(18)22(24)27/h5-6,9-14,17-19H,3-4,7-8H2,1-2H3,(H,23,25)/t13-,14-,17-,18+,19+/m0/s1. The maximum Gasteiger partial charge on any atom is 0.247 e. The quantitative estimate of drug-likeness (QED) is 0.606. The number of allylic oxidation sites excluding steroid dienone is 2. The molecule has 1 aromatic carbocycles. The van der Waals surface area contributed by atoms with Crippen molar-refractivity contribution in [2.45, 2.75) is 39.2 Å². The van der Waals surface area contributed by atoms with E-state index in [1.54, 1.807) is 24.3 Å². The van der Waals surface area contributed by atoms with Crippen molar-refractivity contribution in [1.82, 2.24) is 4.90 Å². The molecule has 6 heteroatoms. The van der Waals surface area contributed by atoms with Crippen LogP contribution in [0.25, 0.3) is 0 Å². The average molecular weight is 382 g/mol. The fourth-order valence-electron chi connectivity index (χ4n) is 4.92. The van der Waals surface area contributed by atoms with Crippen molar-refractivity contribution in [1.29, 1.82) is 0 Å².